The lowest BCUT2D eigenvalue weighted by atomic mass is 10.3. The lowest BCUT2D eigenvalue weighted by Gasteiger charge is -1.99. The Kier molecular flexibility index (Phi) is 2.63. The SMILES string of the molecule is COC(=O)c1cn(-c2ccccc2F)nn1. The molecule has 0 amide bonds. The normalized spacial score (nSPS) is 10.1. The Bertz CT molecular complexity index is 524. The first-order valence-electron chi connectivity index (χ1n) is 4.48. The number of esters is 1. The van der Waals surface area contributed by atoms with Crippen LogP contribution in [0.5, 0.6) is 0 Å². The third kappa shape index (κ3) is 1.77. The van der Waals surface area contributed by atoms with Crippen molar-refractivity contribution in [1.82, 2.24) is 15.0 Å². The van der Waals surface area contributed by atoms with Crippen molar-refractivity contribution in [2.45, 2.75) is 0 Å². The Morgan fingerprint density at radius 3 is 2.88 bits per heavy atom. The molecule has 0 radical (unpaired) electrons. The first kappa shape index (κ1) is 10.3. The summed E-state index contributed by atoms with van der Waals surface area (Å²) in [6.07, 6.45) is 1.31. The predicted octanol–water partition coefficient (Wildman–Crippen LogP) is 1.19. The number of para-hydroxylation sites is 1. The topological polar surface area (TPSA) is 57.0 Å². The van der Waals surface area contributed by atoms with Crippen LogP contribution >= 0.6 is 0 Å². The number of nitrogens with zero attached hydrogens (tertiary/aromatic N) is 3. The summed E-state index contributed by atoms with van der Waals surface area (Å²) < 4.78 is 19.0. The minimum Gasteiger partial charge on any atom is -0.464 e. The number of halogens is 1. The van der Waals surface area contributed by atoms with Gasteiger partial charge in [-0.15, -0.1) is 5.10 Å². The number of carbonyl (C=O) groups excluding carboxylic acids is 1. The largest absolute Gasteiger partial charge is 0.464 e. The quantitative estimate of drug-likeness (QED) is 0.715. The maximum atomic E-state index is 13.4. The van der Waals surface area contributed by atoms with E-state index in [-0.39, 0.29) is 11.4 Å². The summed E-state index contributed by atoms with van der Waals surface area (Å²) in [4.78, 5) is 11.1. The highest BCUT2D eigenvalue weighted by atomic mass is 19.1. The number of hydrogen-bond donors (Lipinski definition) is 0. The van der Waals surface area contributed by atoms with E-state index in [2.05, 4.69) is 15.0 Å². The summed E-state index contributed by atoms with van der Waals surface area (Å²) >= 11 is 0. The van der Waals surface area contributed by atoms with Crippen LogP contribution in [-0.4, -0.2) is 28.1 Å². The van der Waals surface area contributed by atoms with Gasteiger partial charge in [0.15, 0.2) is 5.69 Å². The van der Waals surface area contributed by atoms with Crippen molar-refractivity contribution in [3.8, 4) is 5.69 Å². The first-order valence-corrected chi connectivity index (χ1v) is 4.48. The molecule has 0 bridgehead atoms. The standard InChI is InChI=1S/C10H8FN3O2/c1-16-10(15)8-6-14(13-12-8)9-5-3-2-4-7(9)11/h2-6H,1H3. The third-order valence-electron chi connectivity index (χ3n) is 1.99. The van der Waals surface area contributed by atoms with E-state index in [1.165, 1.54) is 30.1 Å². The van der Waals surface area contributed by atoms with E-state index in [1.54, 1.807) is 12.1 Å². The Balaban J connectivity index is 2.39. The first-order chi connectivity index (χ1) is 7.72. The van der Waals surface area contributed by atoms with Gasteiger partial charge >= 0.3 is 5.97 Å². The summed E-state index contributed by atoms with van der Waals surface area (Å²) in [5.41, 5.74) is 0.260. The molecule has 2 rings (SSSR count). The molecule has 0 spiro atoms. The van der Waals surface area contributed by atoms with Crippen LogP contribution in [0, 0.1) is 5.82 Å². The summed E-state index contributed by atoms with van der Waals surface area (Å²) in [6, 6.07) is 6.06. The van der Waals surface area contributed by atoms with E-state index in [0.717, 1.165) is 0 Å². The summed E-state index contributed by atoms with van der Waals surface area (Å²) in [5, 5.41) is 7.22. The van der Waals surface area contributed by atoms with Gasteiger partial charge < -0.3 is 4.74 Å². The fourth-order valence-electron chi connectivity index (χ4n) is 1.22. The zero-order chi connectivity index (χ0) is 11.5. The molecule has 1 aromatic heterocycles. The predicted molar refractivity (Wildman–Crippen MR) is 52.7 cm³/mol. The van der Waals surface area contributed by atoms with Crippen molar-refractivity contribution in [1.29, 1.82) is 0 Å². The molecule has 0 aliphatic heterocycles. The molecule has 0 saturated heterocycles. The second-order valence-electron chi connectivity index (χ2n) is 2.99. The Morgan fingerprint density at radius 1 is 1.44 bits per heavy atom. The van der Waals surface area contributed by atoms with Crippen LogP contribution < -0.4 is 0 Å². The number of aromatic nitrogens is 3. The maximum absolute atomic E-state index is 13.4. The lowest BCUT2D eigenvalue weighted by Crippen LogP contribution is -2.01. The summed E-state index contributed by atoms with van der Waals surface area (Å²) in [7, 11) is 1.24. The average Bonchev–Trinajstić information content (AvgIpc) is 2.78. The van der Waals surface area contributed by atoms with Crippen molar-refractivity contribution in [3.05, 3.63) is 42.0 Å². The molecular formula is C10H8FN3O2. The van der Waals surface area contributed by atoms with Gasteiger partial charge in [-0.2, -0.15) is 0 Å². The Labute approximate surface area is 90.5 Å². The summed E-state index contributed by atoms with van der Waals surface area (Å²) in [5.74, 6) is -1.05. The number of hydrogen-bond acceptors (Lipinski definition) is 4. The molecule has 0 N–H and O–H groups in total. The highest BCUT2D eigenvalue weighted by Gasteiger charge is 2.12. The summed E-state index contributed by atoms with van der Waals surface area (Å²) in [6.45, 7) is 0. The van der Waals surface area contributed by atoms with E-state index < -0.39 is 11.8 Å². The molecule has 6 heteroatoms. The van der Waals surface area contributed by atoms with Crippen LogP contribution in [0.25, 0.3) is 5.69 Å². The highest BCUT2D eigenvalue weighted by Crippen LogP contribution is 2.11. The lowest BCUT2D eigenvalue weighted by molar-refractivity contribution is 0.0594. The van der Waals surface area contributed by atoms with Gasteiger partial charge in [0.1, 0.15) is 11.5 Å². The molecule has 0 saturated carbocycles. The molecule has 0 fully saturated rings. The second kappa shape index (κ2) is 4.09. The van der Waals surface area contributed by atoms with Crippen LogP contribution in [0.3, 0.4) is 0 Å². The van der Waals surface area contributed by atoms with Gasteiger partial charge in [0.2, 0.25) is 0 Å². The fourth-order valence-corrected chi connectivity index (χ4v) is 1.22. The molecule has 82 valence electrons. The van der Waals surface area contributed by atoms with Crippen LogP contribution in [0.2, 0.25) is 0 Å². The van der Waals surface area contributed by atoms with Gasteiger partial charge in [0.05, 0.1) is 13.3 Å². The Hall–Kier alpha value is -2.24. The monoisotopic (exact) mass is 221 g/mol. The third-order valence-corrected chi connectivity index (χ3v) is 1.99. The molecule has 5 nitrogen and oxygen atoms in total. The zero-order valence-electron chi connectivity index (χ0n) is 8.42. The van der Waals surface area contributed by atoms with Crippen molar-refractivity contribution < 1.29 is 13.9 Å². The Morgan fingerprint density at radius 2 is 2.19 bits per heavy atom. The average molecular weight is 221 g/mol. The van der Waals surface area contributed by atoms with Crippen molar-refractivity contribution >= 4 is 5.97 Å². The number of benzene rings is 1. The van der Waals surface area contributed by atoms with Crippen molar-refractivity contribution in [3.63, 3.8) is 0 Å². The number of rotatable bonds is 2. The molecule has 0 unspecified atom stereocenters. The zero-order valence-corrected chi connectivity index (χ0v) is 8.42. The van der Waals surface area contributed by atoms with Gasteiger partial charge in [-0.05, 0) is 12.1 Å². The van der Waals surface area contributed by atoms with E-state index in [0.29, 0.717) is 0 Å². The van der Waals surface area contributed by atoms with Crippen molar-refractivity contribution in [2.75, 3.05) is 7.11 Å². The van der Waals surface area contributed by atoms with Gasteiger partial charge in [0.25, 0.3) is 0 Å². The molecule has 0 atom stereocenters. The van der Waals surface area contributed by atoms with Gasteiger partial charge in [-0.1, -0.05) is 17.3 Å². The van der Waals surface area contributed by atoms with Gasteiger partial charge in [-0.25, -0.2) is 13.9 Å². The molecule has 16 heavy (non-hydrogen) atoms. The maximum Gasteiger partial charge on any atom is 0.360 e. The second-order valence-corrected chi connectivity index (χ2v) is 2.99. The van der Waals surface area contributed by atoms with Crippen LogP contribution in [0.1, 0.15) is 10.5 Å². The number of methoxy groups -OCH3 is 1. The number of ether oxygens (including phenoxy) is 1. The smallest absolute Gasteiger partial charge is 0.360 e. The molecule has 2 aromatic rings. The van der Waals surface area contributed by atoms with Crippen LogP contribution in [-0.2, 0) is 4.74 Å². The van der Waals surface area contributed by atoms with E-state index in [1.807, 2.05) is 0 Å². The molecule has 1 heterocycles. The fraction of sp³-hybridized carbons (Fsp3) is 0.100. The number of carbonyl (C=O) groups is 1. The minimum atomic E-state index is -0.609. The van der Waals surface area contributed by atoms with Gasteiger partial charge in [0, 0.05) is 0 Å². The van der Waals surface area contributed by atoms with E-state index in [4.69, 9.17) is 0 Å². The van der Waals surface area contributed by atoms with Crippen LogP contribution in [0.15, 0.2) is 30.5 Å². The van der Waals surface area contributed by atoms with Crippen LogP contribution in [0.4, 0.5) is 4.39 Å². The molecular weight excluding hydrogens is 213 g/mol. The molecule has 0 aliphatic rings. The molecule has 1 aromatic carbocycles. The van der Waals surface area contributed by atoms with Crippen molar-refractivity contribution in [2.24, 2.45) is 0 Å². The van der Waals surface area contributed by atoms with E-state index >= 15 is 0 Å². The van der Waals surface area contributed by atoms with E-state index in [9.17, 15) is 9.18 Å². The van der Waals surface area contributed by atoms with Gasteiger partial charge in [-0.3, -0.25) is 0 Å². The minimum absolute atomic E-state index is 0.0331. The molecule has 0 aliphatic carbocycles. The highest BCUT2D eigenvalue weighted by molar-refractivity contribution is 5.86.